The molecule has 0 aliphatic carbocycles. The van der Waals surface area contributed by atoms with Crippen molar-refractivity contribution in [2.75, 3.05) is 17.7 Å². The topological polar surface area (TPSA) is 80.3 Å². The maximum atomic E-state index is 12.5. The van der Waals surface area contributed by atoms with Gasteiger partial charge in [-0.1, -0.05) is 24.3 Å². The fraction of sp³-hybridized carbons (Fsp3) is 0.0500. The highest BCUT2D eigenvalue weighted by Crippen LogP contribution is 2.21. The van der Waals surface area contributed by atoms with Gasteiger partial charge in [0.15, 0.2) is 0 Å². The standard InChI is InChI=1S/C20H17N3O3/c1-26-18-11-3-2-9-16(18)19(24)22-14-7-6-8-15(13-14)23-20(25)17-10-4-5-12-21-17/h2-13H,1H3,(H,22,24)(H,23,25). The second-order valence-corrected chi connectivity index (χ2v) is 5.40. The Bertz CT molecular complexity index is 926. The van der Waals surface area contributed by atoms with E-state index in [1.165, 1.54) is 7.11 Å². The summed E-state index contributed by atoms with van der Waals surface area (Å²) >= 11 is 0. The molecule has 130 valence electrons. The highest BCUT2D eigenvalue weighted by molar-refractivity contribution is 6.07. The number of carbonyl (C=O) groups excluding carboxylic acids is 2. The number of ether oxygens (including phenoxy) is 1. The molecule has 0 spiro atoms. The number of anilines is 2. The summed E-state index contributed by atoms with van der Waals surface area (Å²) in [6, 6.07) is 19.0. The molecule has 0 unspecified atom stereocenters. The molecule has 1 heterocycles. The van der Waals surface area contributed by atoms with Crippen molar-refractivity contribution >= 4 is 23.2 Å². The predicted octanol–water partition coefficient (Wildman–Crippen LogP) is 3.59. The lowest BCUT2D eigenvalue weighted by molar-refractivity contribution is 0.101. The van der Waals surface area contributed by atoms with Crippen LogP contribution in [0.5, 0.6) is 5.75 Å². The molecule has 0 bridgehead atoms. The molecule has 0 radical (unpaired) electrons. The molecule has 0 atom stereocenters. The number of benzene rings is 2. The molecule has 0 aliphatic rings. The molecule has 2 aromatic carbocycles. The Morgan fingerprint density at radius 1 is 0.846 bits per heavy atom. The van der Waals surface area contributed by atoms with Gasteiger partial charge in [0.05, 0.1) is 12.7 Å². The van der Waals surface area contributed by atoms with Crippen LogP contribution in [0.25, 0.3) is 0 Å². The van der Waals surface area contributed by atoms with Gasteiger partial charge in [-0.2, -0.15) is 0 Å². The zero-order valence-corrected chi connectivity index (χ0v) is 14.1. The summed E-state index contributed by atoms with van der Waals surface area (Å²) in [5, 5.41) is 5.56. The Hall–Kier alpha value is -3.67. The van der Waals surface area contributed by atoms with Gasteiger partial charge in [-0.3, -0.25) is 14.6 Å². The van der Waals surface area contributed by atoms with Crippen LogP contribution >= 0.6 is 0 Å². The zero-order chi connectivity index (χ0) is 18.4. The van der Waals surface area contributed by atoms with Crippen molar-refractivity contribution in [1.29, 1.82) is 0 Å². The van der Waals surface area contributed by atoms with Crippen LogP contribution < -0.4 is 15.4 Å². The van der Waals surface area contributed by atoms with E-state index >= 15 is 0 Å². The van der Waals surface area contributed by atoms with Crippen molar-refractivity contribution in [1.82, 2.24) is 4.98 Å². The number of pyridine rings is 1. The van der Waals surface area contributed by atoms with E-state index in [9.17, 15) is 9.59 Å². The van der Waals surface area contributed by atoms with Crippen LogP contribution in [0.4, 0.5) is 11.4 Å². The van der Waals surface area contributed by atoms with E-state index in [2.05, 4.69) is 15.6 Å². The second kappa shape index (κ2) is 7.94. The molecular weight excluding hydrogens is 330 g/mol. The molecule has 3 aromatic rings. The van der Waals surface area contributed by atoms with E-state index < -0.39 is 0 Å². The number of nitrogens with one attached hydrogen (secondary N) is 2. The first kappa shape index (κ1) is 17.2. The minimum absolute atomic E-state index is 0.296. The Labute approximate surface area is 150 Å². The molecule has 6 nitrogen and oxygen atoms in total. The molecule has 2 N–H and O–H groups in total. The predicted molar refractivity (Wildman–Crippen MR) is 99.6 cm³/mol. The summed E-state index contributed by atoms with van der Waals surface area (Å²) in [6.45, 7) is 0. The van der Waals surface area contributed by atoms with Gasteiger partial charge in [0.25, 0.3) is 11.8 Å². The Kier molecular flexibility index (Phi) is 5.24. The average Bonchev–Trinajstić information content (AvgIpc) is 2.69. The highest BCUT2D eigenvalue weighted by Gasteiger charge is 2.12. The number of rotatable bonds is 5. The number of aromatic nitrogens is 1. The largest absolute Gasteiger partial charge is 0.496 e. The Morgan fingerprint density at radius 2 is 1.54 bits per heavy atom. The van der Waals surface area contributed by atoms with Crippen molar-refractivity contribution in [3.63, 3.8) is 0 Å². The zero-order valence-electron chi connectivity index (χ0n) is 14.1. The molecule has 26 heavy (non-hydrogen) atoms. The average molecular weight is 347 g/mol. The lowest BCUT2D eigenvalue weighted by Gasteiger charge is -2.10. The third-order valence-electron chi connectivity index (χ3n) is 3.63. The van der Waals surface area contributed by atoms with Gasteiger partial charge in [0.1, 0.15) is 11.4 Å². The van der Waals surface area contributed by atoms with Crippen LogP contribution in [0, 0.1) is 0 Å². The number of hydrogen-bond donors (Lipinski definition) is 2. The maximum Gasteiger partial charge on any atom is 0.274 e. The van der Waals surface area contributed by atoms with Crippen molar-refractivity contribution in [3.8, 4) is 5.75 Å². The first-order chi connectivity index (χ1) is 12.7. The minimum Gasteiger partial charge on any atom is -0.496 e. The molecule has 0 aliphatic heterocycles. The van der Waals surface area contributed by atoms with Gasteiger partial charge in [-0.25, -0.2) is 0 Å². The van der Waals surface area contributed by atoms with E-state index in [0.717, 1.165) is 0 Å². The fourth-order valence-electron chi connectivity index (χ4n) is 2.40. The van der Waals surface area contributed by atoms with Gasteiger partial charge < -0.3 is 15.4 Å². The molecule has 1 aromatic heterocycles. The molecule has 0 saturated heterocycles. The van der Waals surface area contributed by atoms with Crippen molar-refractivity contribution in [2.24, 2.45) is 0 Å². The Balaban J connectivity index is 1.73. The SMILES string of the molecule is COc1ccccc1C(=O)Nc1cccc(NC(=O)c2ccccn2)c1. The van der Waals surface area contributed by atoms with Crippen molar-refractivity contribution < 1.29 is 14.3 Å². The number of nitrogens with zero attached hydrogens (tertiary/aromatic N) is 1. The summed E-state index contributed by atoms with van der Waals surface area (Å²) in [4.78, 5) is 28.6. The van der Waals surface area contributed by atoms with E-state index in [-0.39, 0.29) is 11.8 Å². The highest BCUT2D eigenvalue weighted by atomic mass is 16.5. The van der Waals surface area contributed by atoms with E-state index in [0.29, 0.717) is 28.4 Å². The Morgan fingerprint density at radius 3 is 2.23 bits per heavy atom. The molecule has 2 amide bonds. The summed E-state index contributed by atoms with van der Waals surface area (Å²) in [6.07, 6.45) is 1.55. The van der Waals surface area contributed by atoms with Gasteiger partial charge in [-0.05, 0) is 42.5 Å². The van der Waals surface area contributed by atoms with Crippen LogP contribution in [-0.4, -0.2) is 23.9 Å². The lowest BCUT2D eigenvalue weighted by atomic mass is 10.2. The second-order valence-electron chi connectivity index (χ2n) is 5.40. The van der Waals surface area contributed by atoms with Crippen LogP contribution in [-0.2, 0) is 0 Å². The van der Waals surface area contributed by atoms with Crippen LogP contribution in [0.2, 0.25) is 0 Å². The summed E-state index contributed by atoms with van der Waals surface area (Å²) in [5.74, 6) is -0.126. The smallest absolute Gasteiger partial charge is 0.274 e. The fourth-order valence-corrected chi connectivity index (χ4v) is 2.40. The normalized spacial score (nSPS) is 10.0. The lowest BCUT2D eigenvalue weighted by Crippen LogP contribution is -2.15. The number of amides is 2. The first-order valence-electron chi connectivity index (χ1n) is 7.94. The third kappa shape index (κ3) is 4.05. The molecular formula is C20H17N3O3. The van der Waals surface area contributed by atoms with Gasteiger partial charge in [0.2, 0.25) is 0 Å². The van der Waals surface area contributed by atoms with Gasteiger partial charge in [-0.15, -0.1) is 0 Å². The first-order valence-corrected chi connectivity index (χ1v) is 7.94. The minimum atomic E-state index is -0.321. The summed E-state index contributed by atoms with van der Waals surface area (Å²) in [7, 11) is 1.51. The van der Waals surface area contributed by atoms with Gasteiger partial charge in [0, 0.05) is 17.6 Å². The molecule has 0 fully saturated rings. The molecule has 0 saturated carbocycles. The monoisotopic (exact) mass is 347 g/mol. The van der Waals surface area contributed by atoms with E-state index in [1.54, 1.807) is 72.9 Å². The number of para-hydroxylation sites is 1. The van der Waals surface area contributed by atoms with Crippen LogP contribution in [0.1, 0.15) is 20.8 Å². The number of carbonyl (C=O) groups is 2. The molecule has 6 heteroatoms. The maximum absolute atomic E-state index is 12.5. The van der Waals surface area contributed by atoms with Crippen LogP contribution in [0.15, 0.2) is 72.9 Å². The van der Waals surface area contributed by atoms with E-state index in [4.69, 9.17) is 4.74 Å². The van der Waals surface area contributed by atoms with Crippen LogP contribution in [0.3, 0.4) is 0 Å². The third-order valence-corrected chi connectivity index (χ3v) is 3.63. The van der Waals surface area contributed by atoms with Crippen molar-refractivity contribution in [3.05, 3.63) is 84.2 Å². The summed E-state index contributed by atoms with van der Waals surface area (Å²) < 4.78 is 5.20. The van der Waals surface area contributed by atoms with Gasteiger partial charge >= 0.3 is 0 Å². The summed E-state index contributed by atoms with van der Waals surface area (Å²) in [5.41, 5.74) is 1.85. The number of methoxy groups -OCH3 is 1. The van der Waals surface area contributed by atoms with Crippen molar-refractivity contribution in [2.45, 2.75) is 0 Å². The molecule has 3 rings (SSSR count). The van der Waals surface area contributed by atoms with E-state index in [1.807, 2.05) is 0 Å². The quantitative estimate of drug-likeness (QED) is 0.739. The number of hydrogen-bond acceptors (Lipinski definition) is 4.